The van der Waals surface area contributed by atoms with Crippen molar-refractivity contribution in [3.05, 3.63) is 40.0 Å². The summed E-state index contributed by atoms with van der Waals surface area (Å²) < 4.78 is 1.08. The molecule has 0 bridgehead atoms. The van der Waals surface area contributed by atoms with Crippen molar-refractivity contribution in [3.8, 4) is 11.4 Å². The minimum absolute atomic E-state index is 0.835. The highest BCUT2D eigenvalue weighted by Gasteiger charge is 2.18. The van der Waals surface area contributed by atoms with Gasteiger partial charge >= 0.3 is 0 Å². The van der Waals surface area contributed by atoms with E-state index in [1.165, 1.54) is 24.1 Å². The van der Waals surface area contributed by atoms with Crippen LogP contribution in [0.3, 0.4) is 0 Å². The first-order chi connectivity index (χ1) is 10.3. The maximum absolute atomic E-state index is 4.82. The fourth-order valence-corrected chi connectivity index (χ4v) is 2.98. The van der Waals surface area contributed by atoms with Gasteiger partial charge in [0.1, 0.15) is 5.82 Å². The molecule has 2 aromatic rings. The Labute approximate surface area is 134 Å². The zero-order valence-corrected chi connectivity index (χ0v) is 13.9. The second-order valence-corrected chi connectivity index (χ2v) is 6.38. The van der Waals surface area contributed by atoms with Crippen LogP contribution in [-0.2, 0) is 12.8 Å². The molecule has 0 saturated carbocycles. The van der Waals surface area contributed by atoms with Crippen LogP contribution < -0.4 is 5.32 Å². The van der Waals surface area contributed by atoms with Crippen LogP contribution >= 0.6 is 15.9 Å². The largest absolute Gasteiger partial charge is 0.370 e. The third kappa shape index (κ3) is 3.26. The van der Waals surface area contributed by atoms with Gasteiger partial charge in [-0.3, -0.25) is 0 Å². The van der Waals surface area contributed by atoms with Crippen LogP contribution in [0.4, 0.5) is 5.82 Å². The molecule has 1 N–H and O–H groups in total. The minimum atomic E-state index is 0.835. The van der Waals surface area contributed by atoms with Gasteiger partial charge < -0.3 is 5.32 Å². The van der Waals surface area contributed by atoms with Crippen LogP contribution in [0.25, 0.3) is 11.4 Å². The fraction of sp³-hybridized carbons (Fsp3) is 0.412. The summed E-state index contributed by atoms with van der Waals surface area (Å²) in [5.74, 6) is 1.88. The number of anilines is 1. The van der Waals surface area contributed by atoms with E-state index < -0.39 is 0 Å². The number of hydrogen-bond donors (Lipinski definition) is 1. The SMILES string of the molecule is CCCNc1nc(-c2ccc(Br)cc2)nc2c1CCCC2. The summed E-state index contributed by atoms with van der Waals surface area (Å²) in [5.41, 5.74) is 3.63. The lowest BCUT2D eigenvalue weighted by Gasteiger charge is -2.19. The van der Waals surface area contributed by atoms with Gasteiger partial charge in [-0.15, -0.1) is 0 Å². The molecule has 1 aromatic carbocycles. The summed E-state index contributed by atoms with van der Waals surface area (Å²) in [6.45, 7) is 3.14. The van der Waals surface area contributed by atoms with Crippen LogP contribution in [0.1, 0.15) is 37.4 Å². The second-order valence-electron chi connectivity index (χ2n) is 5.46. The summed E-state index contributed by atoms with van der Waals surface area (Å²) >= 11 is 3.47. The predicted molar refractivity (Wildman–Crippen MR) is 90.6 cm³/mol. The van der Waals surface area contributed by atoms with E-state index in [0.717, 1.165) is 47.5 Å². The summed E-state index contributed by atoms with van der Waals surface area (Å²) in [5, 5.41) is 3.48. The third-order valence-corrected chi connectivity index (χ3v) is 4.36. The summed E-state index contributed by atoms with van der Waals surface area (Å²) in [4.78, 5) is 9.60. The van der Waals surface area contributed by atoms with Crippen molar-refractivity contribution in [3.63, 3.8) is 0 Å². The molecular formula is C17H20BrN3. The molecule has 3 nitrogen and oxygen atoms in total. The van der Waals surface area contributed by atoms with E-state index in [1.54, 1.807) is 0 Å². The van der Waals surface area contributed by atoms with Gasteiger partial charge in [-0.05, 0) is 44.2 Å². The Morgan fingerprint density at radius 2 is 1.86 bits per heavy atom. The number of nitrogens with one attached hydrogen (secondary N) is 1. The van der Waals surface area contributed by atoms with Gasteiger partial charge in [0.15, 0.2) is 5.82 Å². The topological polar surface area (TPSA) is 37.8 Å². The number of fused-ring (bicyclic) bond motifs is 1. The van der Waals surface area contributed by atoms with Gasteiger partial charge in [-0.1, -0.05) is 35.0 Å². The Bertz CT molecular complexity index is 623. The van der Waals surface area contributed by atoms with Crippen molar-refractivity contribution in [2.24, 2.45) is 0 Å². The molecule has 1 aromatic heterocycles. The van der Waals surface area contributed by atoms with Crippen molar-refractivity contribution < 1.29 is 0 Å². The number of aryl methyl sites for hydroxylation is 1. The highest BCUT2D eigenvalue weighted by molar-refractivity contribution is 9.10. The molecule has 1 aliphatic carbocycles. The molecule has 1 aliphatic rings. The average Bonchev–Trinajstić information content (AvgIpc) is 2.53. The second kappa shape index (κ2) is 6.56. The molecule has 0 atom stereocenters. The zero-order valence-electron chi connectivity index (χ0n) is 12.3. The Kier molecular flexibility index (Phi) is 4.54. The van der Waals surface area contributed by atoms with Crippen LogP contribution in [-0.4, -0.2) is 16.5 Å². The maximum Gasteiger partial charge on any atom is 0.161 e. The Morgan fingerprint density at radius 1 is 1.10 bits per heavy atom. The number of hydrogen-bond acceptors (Lipinski definition) is 3. The summed E-state index contributed by atoms with van der Waals surface area (Å²) in [6, 6.07) is 8.21. The van der Waals surface area contributed by atoms with Crippen LogP contribution in [0.5, 0.6) is 0 Å². The quantitative estimate of drug-likeness (QED) is 0.879. The molecular weight excluding hydrogens is 326 g/mol. The first-order valence-corrected chi connectivity index (χ1v) is 8.47. The lowest BCUT2D eigenvalue weighted by molar-refractivity contribution is 0.664. The van der Waals surface area contributed by atoms with E-state index in [0.29, 0.717) is 0 Å². The van der Waals surface area contributed by atoms with Crippen LogP contribution in [0.15, 0.2) is 28.7 Å². The van der Waals surface area contributed by atoms with E-state index in [4.69, 9.17) is 9.97 Å². The van der Waals surface area contributed by atoms with E-state index >= 15 is 0 Å². The molecule has 0 amide bonds. The molecule has 0 unspecified atom stereocenters. The highest BCUT2D eigenvalue weighted by Crippen LogP contribution is 2.28. The standard InChI is InChI=1S/C17H20BrN3/c1-2-11-19-17-14-5-3-4-6-15(14)20-16(21-17)12-7-9-13(18)10-8-12/h7-10H,2-6,11H2,1H3,(H,19,20,21). The molecule has 0 saturated heterocycles. The van der Waals surface area contributed by atoms with Gasteiger partial charge in [-0.2, -0.15) is 0 Å². The maximum atomic E-state index is 4.82. The monoisotopic (exact) mass is 345 g/mol. The van der Waals surface area contributed by atoms with E-state index in [9.17, 15) is 0 Å². The van der Waals surface area contributed by atoms with Crippen molar-refractivity contribution >= 4 is 21.7 Å². The number of halogens is 1. The molecule has 0 radical (unpaired) electrons. The van der Waals surface area contributed by atoms with Crippen molar-refractivity contribution in [1.29, 1.82) is 0 Å². The van der Waals surface area contributed by atoms with Crippen LogP contribution in [0, 0.1) is 0 Å². The van der Waals surface area contributed by atoms with E-state index in [2.05, 4.69) is 40.3 Å². The molecule has 0 aliphatic heterocycles. The molecule has 0 spiro atoms. The Morgan fingerprint density at radius 3 is 2.62 bits per heavy atom. The molecule has 0 fully saturated rings. The molecule has 1 heterocycles. The van der Waals surface area contributed by atoms with Crippen molar-refractivity contribution in [2.75, 3.05) is 11.9 Å². The van der Waals surface area contributed by atoms with Gasteiger partial charge in [-0.25, -0.2) is 9.97 Å². The zero-order chi connectivity index (χ0) is 14.7. The lowest BCUT2D eigenvalue weighted by Crippen LogP contribution is -2.14. The van der Waals surface area contributed by atoms with E-state index in [1.807, 2.05) is 12.1 Å². The predicted octanol–water partition coefficient (Wildman–Crippen LogP) is 4.61. The average molecular weight is 346 g/mol. The first-order valence-electron chi connectivity index (χ1n) is 7.67. The van der Waals surface area contributed by atoms with Gasteiger partial charge in [0.25, 0.3) is 0 Å². The van der Waals surface area contributed by atoms with Gasteiger partial charge in [0.2, 0.25) is 0 Å². The molecule has 3 rings (SSSR count). The minimum Gasteiger partial charge on any atom is -0.370 e. The van der Waals surface area contributed by atoms with Gasteiger partial charge in [0.05, 0.1) is 0 Å². The third-order valence-electron chi connectivity index (χ3n) is 3.83. The van der Waals surface area contributed by atoms with Crippen LogP contribution in [0.2, 0.25) is 0 Å². The number of nitrogens with zero attached hydrogens (tertiary/aromatic N) is 2. The Hall–Kier alpha value is -1.42. The van der Waals surface area contributed by atoms with Crippen molar-refractivity contribution in [1.82, 2.24) is 9.97 Å². The number of rotatable bonds is 4. The van der Waals surface area contributed by atoms with E-state index in [-0.39, 0.29) is 0 Å². The lowest BCUT2D eigenvalue weighted by atomic mass is 9.96. The first kappa shape index (κ1) is 14.5. The summed E-state index contributed by atoms with van der Waals surface area (Å²) in [6.07, 6.45) is 5.75. The molecule has 21 heavy (non-hydrogen) atoms. The smallest absolute Gasteiger partial charge is 0.161 e. The summed E-state index contributed by atoms with van der Waals surface area (Å²) in [7, 11) is 0. The normalized spacial score (nSPS) is 13.8. The van der Waals surface area contributed by atoms with Crippen molar-refractivity contribution in [2.45, 2.75) is 39.0 Å². The fourth-order valence-electron chi connectivity index (χ4n) is 2.71. The molecule has 4 heteroatoms. The number of benzene rings is 1. The van der Waals surface area contributed by atoms with Gasteiger partial charge in [0, 0.05) is 27.8 Å². The highest BCUT2D eigenvalue weighted by atomic mass is 79.9. The Balaban J connectivity index is 2.02. The number of aromatic nitrogens is 2. The molecule has 110 valence electrons.